The summed E-state index contributed by atoms with van der Waals surface area (Å²) in [5, 5.41) is 4.02. The third kappa shape index (κ3) is 8.34. The first kappa shape index (κ1) is 26.6. The topological polar surface area (TPSA) is 49.4 Å². The van der Waals surface area contributed by atoms with Crippen molar-refractivity contribution in [2.24, 2.45) is 0 Å². The summed E-state index contributed by atoms with van der Waals surface area (Å²) in [5.74, 6) is 0.747. The zero-order valence-electron chi connectivity index (χ0n) is 19.4. The Morgan fingerprint density at radius 3 is 2.31 bits per heavy atom. The summed E-state index contributed by atoms with van der Waals surface area (Å²) in [4.78, 5) is 28.0. The van der Waals surface area contributed by atoms with Crippen LogP contribution in [0.2, 0.25) is 10.0 Å². The van der Waals surface area contributed by atoms with Gasteiger partial charge in [0, 0.05) is 27.9 Å². The van der Waals surface area contributed by atoms with Crippen LogP contribution in [0.25, 0.3) is 0 Å². The molecule has 1 unspecified atom stereocenters. The van der Waals surface area contributed by atoms with Crippen LogP contribution in [0.1, 0.15) is 50.8 Å². The van der Waals surface area contributed by atoms with E-state index in [1.807, 2.05) is 34.6 Å². The predicted molar refractivity (Wildman–Crippen MR) is 136 cm³/mol. The molecule has 2 aromatic carbocycles. The van der Waals surface area contributed by atoms with Crippen molar-refractivity contribution in [2.45, 2.75) is 64.9 Å². The van der Waals surface area contributed by atoms with Crippen LogP contribution in [0, 0.1) is 6.92 Å². The van der Waals surface area contributed by atoms with E-state index >= 15 is 0 Å². The third-order valence-corrected chi connectivity index (χ3v) is 6.43. The number of nitrogens with zero attached hydrogens (tertiary/aromatic N) is 1. The number of nitrogens with one attached hydrogen (secondary N) is 1. The summed E-state index contributed by atoms with van der Waals surface area (Å²) in [6.07, 6.45) is 0.501. The van der Waals surface area contributed by atoms with Crippen molar-refractivity contribution in [3.05, 3.63) is 69.2 Å². The van der Waals surface area contributed by atoms with Gasteiger partial charge in [-0.3, -0.25) is 9.59 Å². The number of aryl methyl sites for hydroxylation is 1. The molecule has 0 radical (unpaired) electrons. The van der Waals surface area contributed by atoms with Gasteiger partial charge in [0.1, 0.15) is 6.04 Å². The highest BCUT2D eigenvalue weighted by atomic mass is 35.5. The second-order valence-electron chi connectivity index (χ2n) is 8.90. The van der Waals surface area contributed by atoms with Gasteiger partial charge in [-0.2, -0.15) is 0 Å². The highest BCUT2D eigenvalue weighted by Crippen LogP contribution is 2.25. The lowest BCUT2D eigenvalue weighted by atomic mass is 10.1. The highest BCUT2D eigenvalue weighted by Gasteiger charge is 2.30. The van der Waals surface area contributed by atoms with Gasteiger partial charge in [0.25, 0.3) is 0 Å². The van der Waals surface area contributed by atoms with Crippen LogP contribution in [0.4, 0.5) is 0 Å². The predicted octanol–water partition coefficient (Wildman–Crippen LogP) is 6.26. The molecule has 1 atom stereocenters. The molecule has 4 nitrogen and oxygen atoms in total. The van der Waals surface area contributed by atoms with E-state index < -0.39 is 11.6 Å². The summed E-state index contributed by atoms with van der Waals surface area (Å²) in [5.41, 5.74) is 2.74. The molecule has 0 spiro atoms. The van der Waals surface area contributed by atoms with Crippen LogP contribution in [0.3, 0.4) is 0 Å². The molecule has 0 aliphatic heterocycles. The van der Waals surface area contributed by atoms with Crippen molar-refractivity contribution in [1.29, 1.82) is 0 Å². The fourth-order valence-corrected chi connectivity index (χ4v) is 4.57. The van der Waals surface area contributed by atoms with Gasteiger partial charge in [-0.15, -0.1) is 11.8 Å². The maximum Gasteiger partial charge on any atom is 0.243 e. The van der Waals surface area contributed by atoms with Crippen molar-refractivity contribution >= 4 is 46.8 Å². The lowest BCUT2D eigenvalue weighted by Gasteiger charge is -2.33. The van der Waals surface area contributed by atoms with Crippen molar-refractivity contribution in [3.63, 3.8) is 0 Å². The Balaban J connectivity index is 2.19. The first-order valence-electron chi connectivity index (χ1n) is 10.7. The van der Waals surface area contributed by atoms with Crippen LogP contribution in [-0.4, -0.2) is 34.0 Å². The second kappa shape index (κ2) is 12.0. The minimum absolute atomic E-state index is 0.0935. The van der Waals surface area contributed by atoms with Gasteiger partial charge in [-0.25, -0.2) is 0 Å². The van der Waals surface area contributed by atoms with Crippen LogP contribution in [0.5, 0.6) is 0 Å². The Bertz CT molecular complexity index is 927. The number of hydrogen-bond acceptors (Lipinski definition) is 3. The normalized spacial score (nSPS) is 12.3. The molecule has 0 saturated heterocycles. The van der Waals surface area contributed by atoms with E-state index in [0.29, 0.717) is 16.5 Å². The number of amides is 2. The molecule has 0 aromatic heterocycles. The van der Waals surface area contributed by atoms with Gasteiger partial charge < -0.3 is 10.2 Å². The molecule has 2 rings (SSSR count). The molecule has 0 fully saturated rings. The maximum absolute atomic E-state index is 13.3. The van der Waals surface area contributed by atoms with E-state index in [1.165, 1.54) is 11.1 Å². The van der Waals surface area contributed by atoms with Crippen molar-refractivity contribution in [2.75, 3.05) is 5.75 Å². The molecule has 2 amide bonds. The number of carbonyl (C=O) groups excluding carboxylic acids is 2. The first-order chi connectivity index (χ1) is 15.0. The van der Waals surface area contributed by atoms with E-state index in [1.54, 1.807) is 34.9 Å². The smallest absolute Gasteiger partial charge is 0.243 e. The molecule has 0 aliphatic rings. The summed E-state index contributed by atoms with van der Waals surface area (Å²) >= 11 is 14.0. The van der Waals surface area contributed by atoms with Gasteiger partial charge in [-0.05, 0) is 57.4 Å². The molecule has 7 heteroatoms. The average Bonchev–Trinajstić information content (AvgIpc) is 2.69. The molecular weight excluding hydrogens is 463 g/mol. The Hall–Kier alpha value is -1.69. The molecule has 0 aliphatic carbocycles. The average molecular weight is 496 g/mol. The van der Waals surface area contributed by atoms with Crippen LogP contribution >= 0.6 is 35.0 Å². The quantitative estimate of drug-likeness (QED) is 0.447. The first-order valence-corrected chi connectivity index (χ1v) is 12.6. The van der Waals surface area contributed by atoms with Crippen molar-refractivity contribution < 1.29 is 9.59 Å². The number of benzene rings is 2. The molecule has 0 heterocycles. The van der Waals surface area contributed by atoms with Crippen LogP contribution in [0.15, 0.2) is 42.5 Å². The monoisotopic (exact) mass is 494 g/mol. The van der Waals surface area contributed by atoms with E-state index in [-0.39, 0.29) is 24.1 Å². The van der Waals surface area contributed by atoms with E-state index in [4.69, 9.17) is 23.2 Å². The number of halogens is 2. The van der Waals surface area contributed by atoms with Crippen LogP contribution < -0.4 is 5.32 Å². The van der Waals surface area contributed by atoms with Crippen molar-refractivity contribution in [3.8, 4) is 0 Å². The van der Waals surface area contributed by atoms with Crippen LogP contribution in [-0.2, 0) is 21.9 Å². The number of hydrogen-bond donors (Lipinski definition) is 1. The number of carbonyl (C=O) groups is 2. The summed E-state index contributed by atoms with van der Waals surface area (Å²) in [7, 11) is 0. The maximum atomic E-state index is 13.3. The lowest BCUT2D eigenvalue weighted by molar-refractivity contribution is -0.140. The van der Waals surface area contributed by atoms with Gasteiger partial charge in [0.05, 0.1) is 5.75 Å². The van der Waals surface area contributed by atoms with E-state index in [9.17, 15) is 9.59 Å². The summed E-state index contributed by atoms with van der Waals surface area (Å²) in [6.45, 7) is 9.99. The third-order valence-electron chi connectivity index (χ3n) is 4.85. The zero-order chi connectivity index (χ0) is 23.9. The Morgan fingerprint density at radius 2 is 1.75 bits per heavy atom. The SMILES string of the molecule is CCC(C(=O)NC(C)(C)C)N(Cc1ccc(Cl)cc1Cl)C(=O)CSCc1ccc(C)cc1. The summed E-state index contributed by atoms with van der Waals surface area (Å²) in [6, 6.07) is 12.9. The van der Waals surface area contributed by atoms with Gasteiger partial charge in [0.15, 0.2) is 0 Å². The molecule has 1 N–H and O–H groups in total. The molecule has 32 heavy (non-hydrogen) atoms. The Morgan fingerprint density at radius 1 is 1.09 bits per heavy atom. The highest BCUT2D eigenvalue weighted by molar-refractivity contribution is 7.99. The number of thioether (sulfide) groups is 1. The minimum Gasteiger partial charge on any atom is -0.350 e. The Kier molecular flexibility index (Phi) is 9.93. The van der Waals surface area contributed by atoms with Crippen molar-refractivity contribution in [1.82, 2.24) is 10.2 Å². The molecule has 0 bridgehead atoms. The lowest BCUT2D eigenvalue weighted by Crippen LogP contribution is -2.53. The van der Waals surface area contributed by atoms with Gasteiger partial charge >= 0.3 is 0 Å². The summed E-state index contributed by atoms with van der Waals surface area (Å²) < 4.78 is 0. The van der Waals surface area contributed by atoms with Gasteiger partial charge in [0.2, 0.25) is 11.8 Å². The zero-order valence-corrected chi connectivity index (χ0v) is 21.7. The molecule has 174 valence electrons. The molecule has 2 aromatic rings. The van der Waals surface area contributed by atoms with E-state index in [2.05, 4.69) is 29.6 Å². The standard InChI is InChI=1S/C25H32Cl2N2O2S/c1-6-22(24(31)28-25(3,4)5)29(14-19-11-12-20(26)13-21(19)27)23(30)16-32-15-18-9-7-17(2)8-10-18/h7-13,22H,6,14-16H2,1-5H3,(H,28,31). The second-order valence-corrected chi connectivity index (χ2v) is 10.7. The van der Waals surface area contributed by atoms with Gasteiger partial charge in [-0.1, -0.05) is 66.0 Å². The molecular formula is C25H32Cl2N2O2S. The Labute approximate surface area is 206 Å². The number of rotatable bonds is 9. The van der Waals surface area contributed by atoms with E-state index in [0.717, 1.165) is 11.3 Å². The molecule has 0 saturated carbocycles. The minimum atomic E-state index is -0.589. The largest absolute Gasteiger partial charge is 0.350 e. The fourth-order valence-electron chi connectivity index (χ4n) is 3.23. The fraction of sp³-hybridized carbons (Fsp3) is 0.440.